The highest BCUT2D eigenvalue weighted by molar-refractivity contribution is 5.85. The van der Waals surface area contributed by atoms with E-state index in [-0.39, 0.29) is 6.03 Å². The number of carbonyl (C=O) groups excluding carboxylic acids is 2. The number of methoxy groups -OCH3 is 1. The van der Waals surface area contributed by atoms with Crippen LogP contribution in [0, 0.1) is 5.92 Å². The highest BCUT2D eigenvalue weighted by Gasteiger charge is 2.38. The number of ether oxygens (including phenoxy) is 1. The first kappa shape index (κ1) is 14.1. The van der Waals surface area contributed by atoms with Gasteiger partial charge in [0.05, 0.1) is 13.2 Å². The monoisotopic (exact) mass is 274 g/mol. The molecule has 2 rings (SSSR count). The van der Waals surface area contributed by atoms with Gasteiger partial charge in [-0.25, -0.2) is 4.79 Å². The molecule has 5 nitrogen and oxygen atoms in total. The summed E-state index contributed by atoms with van der Waals surface area (Å²) in [5, 5.41) is 5.28. The lowest BCUT2D eigenvalue weighted by Crippen LogP contribution is -2.51. The molecular formula is C15H18N2O3. The quantitative estimate of drug-likeness (QED) is 0.827. The Morgan fingerprint density at radius 3 is 2.55 bits per heavy atom. The van der Waals surface area contributed by atoms with Gasteiger partial charge in [0.15, 0.2) is 0 Å². The van der Waals surface area contributed by atoms with Crippen LogP contribution in [0.5, 0.6) is 0 Å². The average molecular weight is 274 g/mol. The van der Waals surface area contributed by atoms with E-state index in [1.165, 1.54) is 12.7 Å². The van der Waals surface area contributed by atoms with Gasteiger partial charge in [0, 0.05) is 5.70 Å². The van der Waals surface area contributed by atoms with Crippen LogP contribution in [0.15, 0.2) is 36.5 Å². The van der Waals surface area contributed by atoms with Crippen LogP contribution in [0.2, 0.25) is 0 Å². The van der Waals surface area contributed by atoms with E-state index in [0.29, 0.717) is 5.70 Å². The van der Waals surface area contributed by atoms with Crippen LogP contribution in [0.25, 0.3) is 0 Å². The standard InChI is InChI=1S/C15H18N2O3/c1-4-10-5-7-11(8-6-10)13-12(14(18)20-3)9(2)16-15(19)17-13/h5-8,12-13H,2,4H2,1,3H3,(H2,16,17,19). The van der Waals surface area contributed by atoms with Crippen LogP contribution in [0.1, 0.15) is 24.1 Å². The van der Waals surface area contributed by atoms with Crippen molar-refractivity contribution in [2.75, 3.05) is 7.11 Å². The van der Waals surface area contributed by atoms with Crippen LogP contribution in [-0.4, -0.2) is 19.1 Å². The van der Waals surface area contributed by atoms with Crippen molar-refractivity contribution in [2.45, 2.75) is 19.4 Å². The molecular weight excluding hydrogens is 256 g/mol. The molecule has 0 aliphatic carbocycles. The van der Waals surface area contributed by atoms with E-state index in [0.717, 1.165) is 12.0 Å². The lowest BCUT2D eigenvalue weighted by atomic mass is 9.88. The molecule has 0 bridgehead atoms. The largest absolute Gasteiger partial charge is 0.468 e. The second kappa shape index (κ2) is 5.77. The fourth-order valence-corrected chi connectivity index (χ4v) is 2.33. The first-order valence-electron chi connectivity index (χ1n) is 6.49. The zero-order valence-corrected chi connectivity index (χ0v) is 11.6. The maximum absolute atomic E-state index is 11.9. The van der Waals surface area contributed by atoms with Gasteiger partial charge in [-0.2, -0.15) is 0 Å². The Morgan fingerprint density at radius 2 is 2.00 bits per heavy atom. The van der Waals surface area contributed by atoms with Gasteiger partial charge in [-0.1, -0.05) is 37.8 Å². The molecule has 1 fully saturated rings. The van der Waals surface area contributed by atoms with Crippen molar-refractivity contribution in [2.24, 2.45) is 5.92 Å². The summed E-state index contributed by atoms with van der Waals surface area (Å²) in [6.45, 7) is 5.82. The number of nitrogens with one attached hydrogen (secondary N) is 2. The fourth-order valence-electron chi connectivity index (χ4n) is 2.33. The van der Waals surface area contributed by atoms with E-state index in [1.807, 2.05) is 24.3 Å². The zero-order valence-electron chi connectivity index (χ0n) is 11.6. The van der Waals surface area contributed by atoms with Crippen molar-refractivity contribution in [1.82, 2.24) is 10.6 Å². The summed E-state index contributed by atoms with van der Waals surface area (Å²) in [5.41, 5.74) is 2.40. The molecule has 2 N–H and O–H groups in total. The van der Waals surface area contributed by atoms with E-state index in [9.17, 15) is 9.59 Å². The molecule has 1 saturated heterocycles. The molecule has 1 aliphatic heterocycles. The minimum atomic E-state index is -0.634. The zero-order chi connectivity index (χ0) is 14.7. The van der Waals surface area contributed by atoms with E-state index in [2.05, 4.69) is 24.1 Å². The Balaban J connectivity index is 2.34. The average Bonchev–Trinajstić information content (AvgIpc) is 2.46. The molecule has 1 heterocycles. The second-order valence-electron chi connectivity index (χ2n) is 4.70. The molecule has 0 spiro atoms. The molecule has 0 saturated carbocycles. The summed E-state index contributed by atoms with van der Waals surface area (Å²) in [7, 11) is 1.32. The molecule has 1 aliphatic rings. The van der Waals surface area contributed by atoms with Gasteiger partial charge in [-0.15, -0.1) is 0 Å². The highest BCUT2D eigenvalue weighted by atomic mass is 16.5. The number of urea groups is 1. The molecule has 2 unspecified atom stereocenters. The number of amides is 2. The van der Waals surface area contributed by atoms with Crippen LogP contribution in [0.4, 0.5) is 4.79 Å². The second-order valence-corrected chi connectivity index (χ2v) is 4.70. The summed E-state index contributed by atoms with van der Waals surface area (Å²) in [6, 6.07) is 6.98. The van der Waals surface area contributed by atoms with Crippen LogP contribution >= 0.6 is 0 Å². The van der Waals surface area contributed by atoms with Crippen molar-refractivity contribution in [1.29, 1.82) is 0 Å². The Morgan fingerprint density at radius 1 is 1.35 bits per heavy atom. The number of aryl methyl sites for hydroxylation is 1. The van der Waals surface area contributed by atoms with Crippen molar-refractivity contribution in [3.05, 3.63) is 47.7 Å². The van der Waals surface area contributed by atoms with Crippen molar-refractivity contribution in [3.63, 3.8) is 0 Å². The summed E-state index contributed by atoms with van der Waals surface area (Å²) < 4.78 is 4.80. The molecule has 1 aromatic rings. The van der Waals surface area contributed by atoms with E-state index in [4.69, 9.17) is 4.74 Å². The summed E-state index contributed by atoms with van der Waals surface area (Å²) in [6.07, 6.45) is 0.937. The molecule has 0 radical (unpaired) electrons. The molecule has 2 atom stereocenters. The van der Waals surface area contributed by atoms with E-state index >= 15 is 0 Å². The Bertz CT molecular complexity index is 537. The van der Waals surface area contributed by atoms with E-state index in [1.54, 1.807) is 0 Å². The Labute approximate surface area is 118 Å². The Hall–Kier alpha value is -2.30. The van der Waals surface area contributed by atoms with Gasteiger partial charge in [0.2, 0.25) is 0 Å². The van der Waals surface area contributed by atoms with E-state index < -0.39 is 17.9 Å². The third-order valence-corrected chi connectivity index (χ3v) is 3.47. The molecule has 20 heavy (non-hydrogen) atoms. The normalized spacial score (nSPS) is 21.9. The van der Waals surface area contributed by atoms with Crippen LogP contribution in [0.3, 0.4) is 0 Å². The van der Waals surface area contributed by atoms with Gasteiger partial charge in [-0.3, -0.25) is 4.79 Å². The van der Waals surface area contributed by atoms with Crippen molar-refractivity contribution in [3.8, 4) is 0 Å². The Kier molecular flexibility index (Phi) is 4.08. The van der Waals surface area contributed by atoms with Gasteiger partial charge in [0.25, 0.3) is 0 Å². The third-order valence-electron chi connectivity index (χ3n) is 3.47. The number of carbonyl (C=O) groups is 2. The van der Waals surface area contributed by atoms with Crippen molar-refractivity contribution >= 4 is 12.0 Å². The SMILES string of the molecule is C=C1NC(=O)NC(c2ccc(CC)cc2)C1C(=O)OC. The number of rotatable bonds is 3. The van der Waals surface area contributed by atoms with Gasteiger partial charge in [-0.05, 0) is 17.5 Å². The number of esters is 1. The lowest BCUT2D eigenvalue weighted by molar-refractivity contribution is -0.145. The highest BCUT2D eigenvalue weighted by Crippen LogP contribution is 2.30. The third kappa shape index (κ3) is 2.66. The maximum Gasteiger partial charge on any atom is 0.319 e. The minimum Gasteiger partial charge on any atom is -0.468 e. The minimum absolute atomic E-state index is 0.352. The molecule has 2 amide bonds. The number of benzene rings is 1. The van der Waals surface area contributed by atoms with Gasteiger partial charge in [0.1, 0.15) is 5.92 Å². The molecule has 0 aromatic heterocycles. The predicted molar refractivity (Wildman–Crippen MR) is 74.9 cm³/mol. The van der Waals surface area contributed by atoms with Crippen LogP contribution < -0.4 is 10.6 Å². The molecule has 5 heteroatoms. The first-order chi connectivity index (χ1) is 9.56. The number of hydrogen-bond donors (Lipinski definition) is 2. The summed E-state index contributed by atoms with van der Waals surface area (Å²) in [4.78, 5) is 23.5. The smallest absolute Gasteiger partial charge is 0.319 e. The van der Waals surface area contributed by atoms with Gasteiger partial charge < -0.3 is 15.4 Å². The predicted octanol–water partition coefficient (Wildman–Crippen LogP) is 1.91. The topological polar surface area (TPSA) is 67.4 Å². The summed E-state index contributed by atoms with van der Waals surface area (Å²) in [5.74, 6) is -1.06. The fraction of sp³-hybridized carbons (Fsp3) is 0.333. The maximum atomic E-state index is 11.9. The number of hydrogen-bond acceptors (Lipinski definition) is 3. The molecule has 1 aromatic carbocycles. The van der Waals surface area contributed by atoms with Crippen molar-refractivity contribution < 1.29 is 14.3 Å². The lowest BCUT2D eigenvalue weighted by Gasteiger charge is -2.33. The first-order valence-corrected chi connectivity index (χ1v) is 6.49. The van der Waals surface area contributed by atoms with Crippen LogP contribution in [-0.2, 0) is 16.0 Å². The molecule has 106 valence electrons. The van der Waals surface area contributed by atoms with Gasteiger partial charge >= 0.3 is 12.0 Å². The summed E-state index contributed by atoms with van der Waals surface area (Å²) >= 11 is 0.